The van der Waals surface area contributed by atoms with E-state index < -0.39 is 17.5 Å². The number of carbonyl (C=O) groups is 1. The number of rotatable bonds is 10. The maximum Gasteiger partial charge on any atom is 0.230 e. The Labute approximate surface area is 198 Å². The van der Waals surface area contributed by atoms with Gasteiger partial charge in [-0.05, 0) is 37.1 Å². The number of hydrogen-bond acceptors (Lipinski definition) is 6. The highest BCUT2D eigenvalue weighted by atomic mass is 35.5. The van der Waals surface area contributed by atoms with Gasteiger partial charge in [0.15, 0.2) is 17.5 Å². The zero-order valence-electron chi connectivity index (χ0n) is 17.9. The van der Waals surface area contributed by atoms with Crippen molar-refractivity contribution in [2.45, 2.75) is 19.3 Å². The van der Waals surface area contributed by atoms with Gasteiger partial charge in [-0.25, -0.2) is 18.7 Å². The highest BCUT2D eigenvalue weighted by Gasteiger charge is 2.13. The van der Waals surface area contributed by atoms with Gasteiger partial charge in [-0.15, -0.1) is 11.6 Å². The molecule has 0 aliphatic rings. The number of alkyl halides is 1. The monoisotopic (exact) mass is 486 g/mol. The molecule has 11 heteroatoms. The average Bonchev–Trinajstić information content (AvgIpc) is 3.26. The van der Waals surface area contributed by atoms with E-state index in [0.717, 1.165) is 24.3 Å². The SMILES string of the molecule is O=C(Cc1cc(Nc2ncnc3cc(OCCCCCl)ccc23)n[nH]1)Nc1cccc(F)c1F. The second-order valence-corrected chi connectivity index (χ2v) is 7.75. The Morgan fingerprint density at radius 3 is 2.85 bits per heavy atom. The van der Waals surface area contributed by atoms with E-state index in [1.54, 1.807) is 6.07 Å². The summed E-state index contributed by atoms with van der Waals surface area (Å²) in [5, 5.41) is 13.1. The number of nitrogens with one attached hydrogen (secondary N) is 3. The number of aromatic amines is 1. The first-order valence-electron chi connectivity index (χ1n) is 10.5. The van der Waals surface area contributed by atoms with Gasteiger partial charge in [-0.3, -0.25) is 9.89 Å². The maximum atomic E-state index is 13.7. The summed E-state index contributed by atoms with van der Waals surface area (Å²) in [5.74, 6) is -0.395. The van der Waals surface area contributed by atoms with Crippen molar-refractivity contribution in [3.63, 3.8) is 0 Å². The largest absolute Gasteiger partial charge is 0.494 e. The molecule has 2 aromatic carbocycles. The van der Waals surface area contributed by atoms with Crippen LogP contribution in [0.5, 0.6) is 5.75 Å². The highest BCUT2D eigenvalue weighted by molar-refractivity contribution is 6.17. The molecule has 176 valence electrons. The number of ether oxygens (including phenoxy) is 1. The third-order valence-electron chi connectivity index (χ3n) is 4.86. The van der Waals surface area contributed by atoms with E-state index in [-0.39, 0.29) is 12.1 Å². The van der Waals surface area contributed by atoms with E-state index in [1.165, 1.54) is 18.5 Å². The van der Waals surface area contributed by atoms with Crippen LogP contribution >= 0.6 is 11.6 Å². The van der Waals surface area contributed by atoms with Gasteiger partial charge < -0.3 is 15.4 Å². The summed E-state index contributed by atoms with van der Waals surface area (Å²) in [6.45, 7) is 0.573. The van der Waals surface area contributed by atoms with Gasteiger partial charge in [0.2, 0.25) is 5.91 Å². The summed E-state index contributed by atoms with van der Waals surface area (Å²) in [5.41, 5.74) is 0.945. The van der Waals surface area contributed by atoms with Crippen LogP contribution in [0.2, 0.25) is 0 Å². The quantitative estimate of drug-likeness (QED) is 0.216. The van der Waals surface area contributed by atoms with Gasteiger partial charge in [-0.1, -0.05) is 6.07 Å². The lowest BCUT2D eigenvalue weighted by atomic mass is 10.2. The van der Waals surface area contributed by atoms with Crippen molar-refractivity contribution in [2.75, 3.05) is 23.1 Å². The van der Waals surface area contributed by atoms with Crippen LogP contribution in [-0.2, 0) is 11.2 Å². The predicted molar refractivity (Wildman–Crippen MR) is 126 cm³/mol. The lowest BCUT2D eigenvalue weighted by molar-refractivity contribution is -0.115. The molecule has 2 aromatic heterocycles. The topological polar surface area (TPSA) is 105 Å². The fourth-order valence-corrected chi connectivity index (χ4v) is 3.41. The molecule has 1 amide bonds. The van der Waals surface area contributed by atoms with E-state index in [2.05, 4.69) is 30.8 Å². The predicted octanol–water partition coefficient (Wildman–Crippen LogP) is 4.95. The molecule has 3 N–H and O–H groups in total. The van der Waals surface area contributed by atoms with E-state index in [1.807, 2.05) is 18.2 Å². The first-order chi connectivity index (χ1) is 16.5. The third kappa shape index (κ3) is 5.76. The van der Waals surface area contributed by atoms with Gasteiger partial charge in [0, 0.05) is 29.1 Å². The lowest BCUT2D eigenvalue weighted by Crippen LogP contribution is -2.16. The molecule has 0 radical (unpaired) electrons. The summed E-state index contributed by atoms with van der Waals surface area (Å²) in [6, 6.07) is 10.7. The van der Waals surface area contributed by atoms with Crippen LogP contribution in [0, 0.1) is 11.6 Å². The van der Waals surface area contributed by atoms with Crippen LogP contribution in [0.3, 0.4) is 0 Å². The molecule has 0 aliphatic carbocycles. The van der Waals surface area contributed by atoms with Crippen LogP contribution in [-0.4, -0.2) is 38.6 Å². The van der Waals surface area contributed by atoms with Crippen molar-refractivity contribution >= 4 is 45.7 Å². The molecule has 0 fully saturated rings. The highest BCUT2D eigenvalue weighted by Crippen LogP contribution is 2.26. The summed E-state index contributed by atoms with van der Waals surface area (Å²) in [4.78, 5) is 20.8. The second-order valence-electron chi connectivity index (χ2n) is 7.38. The van der Waals surface area contributed by atoms with Crippen molar-refractivity contribution in [3.8, 4) is 5.75 Å². The molecule has 4 aromatic rings. The van der Waals surface area contributed by atoms with Crippen LogP contribution in [0.4, 0.5) is 26.1 Å². The minimum Gasteiger partial charge on any atom is -0.494 e. The minimum atomic E-state index is -1.11. The first-order valence-corrected chi connectivity index (χ1v) is 11.1. The van der Waals surface area contributed by atoms with Crippen LogP contribution in [0.15, 0.2) is 48.8 Å². The fourth-order valence-electron chi connectivity index (χ4n) is 3.22. The van der Waals surface area contributed by atoms with Gasteiger partial charge >= 0.3 is 0 Å². The van der Waals surface area contributed by atoms with E-state index >= 15 is 0 Å². The van der Waals surface area contributed by atoms with Crippen molar-refractivity contribution in [3.05, 3.63) is 66.1 Å². The third-order valence-corrected chi connectivity index (χ3v) is 5.13. The molecular formula is C23H21ClF2N6O2. The Morgan fingerprint density at radius 2 is 2.00 bits per heavy atom. The molecule has 0 spiro atoms. The van der Waals surface area contributed by atoms with Gasteiger partial charge in [0.1, 0.15) is 17.9 Å². The molecule has 0 unspecified atom stereocenters. The second kappa shape index (κ2) is 10.9. The van der Waals surface area contributed by atoms with Crippen LogP contribution in [0.25, 0.3) is 10.9 Å². The van der Waals surface area contributed by atoms with Crippen LogP contribution in [0.1, 0.15) is 18.5 Å². The first kappa shape index (κ1) is 23.4. The Hall–Kier alpha value is -3.79. The van der Waals surface area contributed by atoms with Crippen molar-refractivity contribution in [1.29, 1.82) is 0 Å². The average molecular weight is 487 g/mol. The summed E-state index contributed by atoms with van der Waals surface area (Å²) in [7, 11) is 0. The smallest absolute Gasteiger partial charge is 0.230 e. The maximum absolute atomic E-state index is 13.7. The molecule has 0 saturated carbocycles. The molecule has 34 heavy (non-hydrogen) atoms. The molecular weight excluding hydrogens is 466 g/mol. The number of carbonyl (C=O) groups excluding carboxylic acids is 1. The molecule has 0 saturated heterocycles. The number of H-pyrrole nitrogens is 1. The van der Waals surface area contributed by atoms with E-state index in [0.29, 0.717) is 41.1 Å². The molecule has 0 aliphatic heterocycles. The number of halogens is 3. The number of anilines is 3. The summed E-state index contributed by atoms with van der Waals surface area (Å²) >= 11 is 5.68. The van der Waals surface area contributed by atoms with Crippen molar-refractivity contribution < 1.29 is 18.3 Å². The van der Waals surface area contributed by atoms with Crippen molar-refractivity contribution in [2.24, 2.45) is 0 Å². The number of aromatic nitrogens is 4. The standard InChI is InChI=1S/C23H21ClF2N6O2/c24-8-1-2-9-34-15-6-7-16-19(12-15)27-13-28-23(16)30-20-10-14(31-32-20)11-21(33)29-18-5-3-4-17(25)22(18)26/h3-7,10,12-13H,1-2,8-9,11H2,(H,29,33)(H2,27,28,30,31,32). The summed E-state index contributed by atoms with van der Waals surface area (Å²) < 4.78 is 32.8. The molecule has 8 nitrogen and oxygen atoms in total. The fraction of sp³-hybridized carbons (Fsp3) is 0.217. The Bertz CT molecular complexity index is 1300. The number of fused-ring (bicyclic) bond motifs is 1. The van der Waals surface area contributed by atoms with E-state index in [9.17, 15) is 13.6 Å². The van der Waals surface area contributed by atoms with E-state index in [4.69, 9.17) is 16.3 Å². The summed E-state index contributed by atoms with van der Waals surface area (Å²) in [6.07, 6.45) is 3.07. The Morgan fingerprint density at radius 1 is 1.12 bits per heavy atom. The molecule has 0 bridgehead atoms. The zero-order chi connectivity index (χ0) is 23.9. The zero-order valence-corrected chi connectivity index (χ0v) is 18.7. The van der Waals surface area contributed by atoms with Crippen LogP contribution < -0.4 is 15.4 Å². The van der Waals surface area contributed by atoms with Crippen molar-refractivity contribution in [1.82, 2.24) is 20.2 Å². The lowest BCUT2D eigenvalue weighted by Gasteiger charge is -2.09. The van der Waals surface area contributed by atoms with Gasteiger partial charge in [0.05, 0.1) is 24.2 Å². The number of unbranched alkanes of at least 4 members (excludes halogenated alkanes) is 1. The number of hydrogen-bond donors (Lipinski definition) is 3. The Balaban J connectivity index is 1.40. The molecule has 4 rings (SSSR count). The number of amides is 1. The number of nitrogens with zero attached hydrogens (tertiary/aromatic N) is 3. The molecule has 2 heterocycles. The molecule has 0 atom stereocenters. The minimum absolute atomic E-state index is 0.112. The Kier molecular flexibility index (Phi) is 7.48. The normalized spacial score (nSPS) is 10.9. The van der Waals surface area contributed by atoms with Gasteiger partial charge in [0.25, 0.3) is 0 Å². The number of benzene rings is 2. The van der Waals surface area contributed by atoms with Gasteiger partial charge in [-0.2, -0.15) is 5.10 Å².